The average molecular weight is 362 g/mol. The molecule has 136 valence electrons. The molecule has 1 amide bonds. The molecule has 6 heteroatoms. The molecule has 0 bridgehead atoms. The van der Waals surface area contributed by atoms with E-state index in [4.69, 9.17) is 4.98 Å². The molecular weight excluding hydrogens is 343 g/mol. The second-order valence-corrected chi connectivity index (χ2v) is 7.17. The van der Waals surface area contributed by atoms with Crippen molar-refractivity contribution in [1.82, 2.24) is 19.9 Å². The van der Waals surface area contributed by atoms with E-state index in [2.05, 4.69) is 39.3 Å². The molecule has 1 N–H and O–H groups in total. The van der Waals surface area contributed by atoms with Crippen molar-refractivity contribution in [2.45, 2.75) is 38.3 Å². The first-order valence-electron chi connectivity index (χ1n) is 9.28. The number of benzene rings is 1. The van der Waals surface area contributed by atoms with E-state index < -0.39 is 11.7 Å². The summed E-state index contributed by atoms with van der Waals surface area (Å²) in [6.45, 7) is 1.03. The topological polar surface area (TPSA) is 59.8 Å². The molecule has 2 aromatic heterocycles. The van der Waals surface area contributed by atoms with Crippen molar-refractivity contribution >= 4 is 5.91 Å². The number of hydrogen-bond donors (Lipinski definition) is 1. The van der Waals surface area contributed by atoms with Gasteiger partial charge in [-0.05, 0) is 42.5 Å². The lowest BCUT2D eigenvalue weighted by atomic mass is 10.0. The summed E-state index contributed by atoms with van der Waals surface area (Å²) in [6.07, 6.45) is 8.51. The van der Waals surface area contributed by atoms with Crippen molar-refractivity contribution in [3.8, 4) is 11.3 Å². The molecule has 0 unspecified atom stereocenters. The number of aryl methyl sites for hydroxylation is 3. The van der Waals surface area contributed by atoms with Gasteiger partial charge in [-0.3, -0.25) is 9.78 Å². The van der Waals surface area contributed by atoms with Crippen molar-refractivity contribution in [3.05, 3.63) is 71.2 Å². The van der Waals surface area contributed by atoms with Crippen molar-refractivity contribution in [1.29, 1.82) is 0 Å². The van der Waals surface area contributed by atoms with Gasteiger partial charge in [0, 0.05) is 30.9 Å². The Labute approximate surface area is 156 Å². The third kappa shape index (κ3) is 2.81. The molecule has 2 aliphatic rings. The lowest BCUT2D eigenvalue weighted by Crippen LogP contribution is -2.28. The first-order valence-corrected chi connectivity index (χ1v) is 9.28. The fourth-order valence-corrected chi connectivity index (χ4v) is 4.10. The van der Waals surface area contributed by atoms with Crippen LogP contribution in [-0.4, -0.2) is 20.4 Å². The Morgan fingerprint density at radius 1 is 1.26 bits per heavy atom. The van der Waals surface area contributed by atoms with Gasteiger partial charge in [-0.25, -0.2) is 9.37 Å². The summed E-state index contributed by atoms with van der Waals surface area (Å²) in [5, 5.41) is 2.98. The second-order valence-electron chi connectivity index (χ2n) is 7.17. The lowest BCUT2D eigenvalue weighted by molar-refractivity contribution is 0.0932. The Balaban J connectivity index is 1.42. The summed E-state index contributed by atoms with van der Waals surface area (Å²) < 4.78 is 16.1. The third-order valence-electron chi connectivity index (χ3n) is 5.50. The summed E-state index contributed by atoms with van der Waals surface area (Å²) in [4.78, 5) is 20.9. The molecule has 5 rings (SSSR count). The van der Waals surface area contributed by atoms with Crippen LogP contribution in [0.1, 0.15) is 46.2 Å². The normalized spacial score (nSPS) is 17.6. The van der Waals surface area contributed by atoms with Gasteiger partial charge in [0.2, 0.25) is 0 Å². The number of carbonyl (C=O) groups excluding carboxylic acids is 1. The van der Waals surface area contributed by atoms with Crippen molar-refractivity contribution < 1.29 is 9.18 Å². The highest BCUT2D eigenvalue weighted by Crippen LogP contribution is 2.35. The number of aromatic nitrogens is 3. The van der Waals surface area contributed by atoms with E-state index >= 15 is 0 Å². The molecular formula is C21H19FN4O. The SMILES string of the molecule is O=C(N[C@@H]1CCc2ccc(-c3cn4c(n3)CCC4)cc21)c1ccncc1F. The predicted octanol–water partition coefficient (Wildman–Crippen LogP) is 3.45. The first kappa shape index (κ1) is 16.2. The van der Waals surface area contributed by atoms with Crippen molar-refractivity contribution in [3.63, 3.8) is 0 Å². The monoisotopic (exact) mass is 362 g/mol. The zero-order valence-corrected chi connectivity index (χ0v) is 14.8. The lowest BCUT2D eigenvalue weighted by Gasteiger charge is -2.15. The van der Waals surface area contributed by atoms with Gasteiger partial charge in [0.05, 0.1) is 23.5 Å². The average Bonchev–Trinajstić information content (AvgIpc) is 3.36. The molecule has 1 aliphatic heterocycles. The van der Waals surface area contributed by atoms with E-state index in [9.17, 15) is 9.18 Å². The van der Waals surface area contributed by atoms with E-state index in [-0.39, 0.29) is 11.6 Å². The maximum atomic E-state index is 13.8. The smallest absolute Gasteiger partial charge is 0.254 e. The zero-order valence-electron chi connectivity index (χ0n) is 14.8. The largest absolute Gasteiger partial charge is 0.345 e. The van der Waals surface area contributed by atoms with Crippen molar-refractivity contribution in [2.24, 2.45) is 0 Å². The second kappa shape index (κ2) is 6.30. The van der Waals surface area contributed by atoms with Crippen LogP contribution < -0.4 is 5.32 Å². The van der Waals surface area contributed by atoms with Gasteiger partial charge in [-0.15, -0.1) is 0 Å². The molecule has 0 radical (unpaired) electrons. The van der Waals surface area contributed by atoms with Crippen LogP contribution in [0.25, 0.3) is 11.3 Å². The van der Waals surface area contributed by atoms with E-state index in [1.807, 2.05) is 0 Å². The number of pyridine rings is 1. The minimum Gasteiger partial charge on any atom is -0.345 e. The predicted molar refractivity (Wildman–Crippen MR) is 98.7 cm³/mol. The number of halogens is 1. The van der Waals surface area contributed by atoms with Crippen LogP contribution in [0.3, 0.4) is 0 Å². The molecule has 1 aromatic carbocycles. The minimum atomic E-state index is -0.602. The van der Waals surface area contributed by atoms with Gasteiger partial charge in [0.25, 0.3) is 5.91 Å². The summed E-state index contributed by atoms with van der Waals surface area (Å²) in [6, 6.07) is 7.63. The maximum absolute atomic E-state index is 13.8. The van der Waals surface area contributed by atoms with Gasteiger partial charge < -0.3 is 9.88 Å². The quantitative estimate of drug-likeness (QED) is 0.776. The Bertz CT molecular complexity index is 1020. The minimum absolute atomic E-state index is 0.0279. The zero-order chi connectivity index (χ0) is 18.4. The number of amides is 1. The fraction of sp³-hybridized carbons (Fsp3) is 0.286. The Morgan fingerprint density at radius 2 is 2.19 bits per heavy atom. The molecule has 27 heavy (non-hydrogen) atoms. The summed E-state index contributed by atoms with van der Waals surface area (Å²) in [5.74, 6) is 0.136. The van der Waals surface area contributed by atoms with Gasteiger partial charge in [0.15, 0.2) is 5.82 Å². The number of carbonyl (C=O) groups is 1. The van der Waals surface area contributed by atoms with E-state index in [0.29, 0.717) is 0 Å². The van der Waals surface area contributed by atoms with E-state index in [0.717, 1.165) is 61.1 Å². The fourth-order valence-electron chi connectivity index (χ4n) is 4.10. The Kier molecular flexibility index (Phi) is 3.77. The highest BCUT2D eigenvalue weighted by molar-refractivity contribution is 5.94. The molecule has 3 aromatic rings. The number of fused-ring (bicyclic) bond motifs is 2. The van der Waals surface area contributed by atoms with E-state index in [1.165, 1.54) is 17.8 Å². The number of imidazole rings is 1. The van der Waals surface area contributed by atoms with Crippen LogP contribution in [0, 0.1) is 5.82 Å². The number of rotatable bonds is 3. The highest BCUT2D eigenvalue weighted by Gasteiger charge is 2.26. The van der Waals surface area contributed by atoms with Crippen LogP contribution in [0.15, 0.2) is 42.9 Å². The summed E-state index contributed by atoms with van der Waals surface area (Å²) in [5.41, 5.74) is 4.39. The third-order valence-corrected chi connectivity index (χ3v) is 5.50. The summed E-state index contributed by atoms with van der Waals surface area (Å²) >= 11 is 0. The maximum Gasteiger partial charge on any atom is 0.254 e. The summed E-state index contributed by atoms with van der Waals surface area (Å²) in [7, 11) is 0. The Morgan fingerprint density at radius 3 is 3.04 bits per heavy atom. The van der Waals surface area contributed by atoms with Crippen LogP contribution >= 0.6 is 0 Å². The molecule has 3 heterocycles. The van der Waals surface area contributed by atoms with Gasteiger partial charge in [-0.2, -0.15) is 0 Å². The van der Waals surface area contributed by atoms with Crippen LogP contribution in [-0.2, 0) is 19.4 Å². The van der Waals surface area contributed by atoms with Crippen molar-refractivity contribution in [2.75, 3.05) is 0 Å². The van der Waals surface area contributed by atoms with Gasteiger partial charge in [0.1, 0.15) is 5.82 Å². The molecule has 0 saturated heterocycles. The van der Waals surface area contributed by atoms with Gasteiger partial charge in [-0.1, -0.05) is 12.1 Å². The van der Waals surface area contributed by atoms with Crippen LogP contribution in [0.5, 0.6) is 0 Å². The highest BCUT2D eigenvalue weighted by atomic mass is 19.1. The number of nitrogens with zero attached hydrogens (tertiary/aromatic N) is 3. The standard InChI is InChI=1S/C21H19FN4O/c22-17-11-23-8-7-15(17)21(27)25-18-6-5-13-3-4-14(10-16(13)18)19-12-26-9-1-2-20(26)24-19/h3-4,7-8,10-12,18H,1-2,5-6,9H2,(H,25,27)/t18-/m1/s1. The van der Waals surface area contributed by atoms with Crippen LogP contribution in [0.2, 0.25) is 0 Å². The molecule has 5 nitrogen and oxygen atoms in total. The number of nitrogens with one attached hydrogen (secondary N) is 1. The first-order chi connectivity index (χ1) is 13.2. The number of hydrogen-bond acceptors (Lipinski definition) is 3. The molecule has 1 atom stereocenters. The van der Waals surface area contributed by atoms with E-state index in [1.54, 1.807) is 0 Å². The molecule has 0 saturated carbocycles. The Hall–Kier alpha value is -3.02. The molecule has 0 spiro atoms. The van der Waals surface area contributed by atoms with Gasteiger partial charge >= 0.3 is 0 Å². The molecule has 0 fully saturated rings. The molecule has 1 aliphatic carbocycles. The van der Waals surface area contributed by atoms with Crippen LogP contribution in [0.4, 0.5) is 4.39 Å².